The highest BCUT2D eigenvalue weighted by Crippen LogP contribution is 2.22. The number of anilines is 2. The molecule has 2 amide bonds. The van der Waals surface area contributed by atoms with Crippen LogP contribution in [0.15, 0.2) is 69.8 Å². The molecule has 7 heteroatoms. The lowest BCUT2D eigenvalue weighted by Gasteiger charge is -2.11. The highest BCUT2D eigenvalue weighted by atomic mass is 79.9. The maximum Gasteiger partial charge on any atom is 0.291 e. The molecule has 0 saturated carbocycles. The number of nitrogens with one attached hydrogen (secondary N) is 2. The van der Waals surface area contributed by atoms with Crippen LogP contribution in [0.5, 0.6) is 5.75 Å². The van der Waals surface area contributed by atoms with Crippen LogP contribution in [-0.4, -0.2) is 18.4 Å². The van der Waals surface area contributed by atoms with Crippen LogP contribution in [0.1, 0.15) is 16.1 Å². The van der Waals surface area contributed by atoms with Gasteiger partial charge in [-0.3, -0.25) is 9.59 Å². The summed E-state index contributed by atoms with van der Waals surface area (Å²) in [4.78, 5) is 24.1. The molecule has 0 spiro atoms. The summed E-state index contributed by atoms with van der Waals surface area (Å²) < 4.78 is 11.6. The molecule has 0 radical (unpaired) electrons. The number of furan rings is 1. The van der Waals surface area contributed by atoms with E-state index in [1.54, 1.807) is 42.5 Å². The summed E-state index contributed by atoms with van der Waals surface area (Å²) in [6.07, 6.45) is 1.43. The summed E-state index contributed by atoms with van der Waals surface area (Å²) in [7, 11) is 0. The Morgan fingerprint density at radius 1 is 1.04 bits per heavy atom. The molecule has 138 valence electrons. The molecular formula is C20H17BrN2O4. The van der Waals surface area contributed by atoms with E-state index in [9.17, 15) is 9.59 Å². The molecule has 0 aliphatic carbocycles. The second-order valence-electron chi connectivity index (χ2n) is 5.76. The van der Waals surface area contributed by atoms with Gasteiger partial charge >= 0.3 is 0 Å². The maximum absolute atomic E-state index is 12.1. The van der Waals surface area contributed by atoms with Gasteiger partial charge in [0, 0.05) is 15.8 Å². The number of benzene rings is 2. The van der Waals surface area contributed by atoms with Gasteiger partial charge in [0.1, 0.15) is 5.75 Å². The van der Waals surface area contributed by atoms with Crippen molar-refractivity contribution in [2.75, 3.05) is 17.2 Å². The van der Waals surface area contributed by atoms with Crippen molar-refractivity contribution in [2.45, 2.75) is 6.92 Å². The maximum atomic E-state index is 12.1. The summed E-state index contributed by atoms with van der Waals surface area (Å²) in [5.74, 6) is 0.194. The Hall–Kier alpha value is -3.06. The van der Waals surface area contributed by atoms with Crippen molar-refractivity contribution in [3.8, 4) is 5.75 Å². The van der Waals surface area contributed by atoms with Crippen LogP contribution in [0.3, 0.4) is 0 Å². The average Bonchev–Trinajstić information content (AvgIpc) is 3.16. The number of carbonyl (C=O) groups excluding carboxylic acids is 2. The first-order chi connectivity index (χ1) is 13.0. The first-order valence-electron chi connectivity index (χ1n) is 8.15. The van der Waals surface area contributed by atoms with Gasteiger partial charge < -0.3 is 19.8 Å². The summed E-state index contributed by atoms with van der Waals surface area (Å²) in [6, 6.07) is 15.6. The highest BCUT2D eigenvalue weighted by molar-refractivity contribution is 9.10. The zero-order chi connectivity index (χ0) is 19.2. The molecular weight excluding hydrogens is 412 g/mol. The molecule has 0 unspecified atom stereocenters. The van der Waals surface area contributed by atoms with E-state index >= 15 is 0 Å². The molecule has 2 aromatic carbocycles. The first kappa shape index (κ1) is 18.7. The zero-order valence-corrected chi connectivity index (χ0v) is 16.1. The molecule has 1 heterocycles. The van der Waals surface area contributed by atoms with E-state index in [0.29, 0.717) is 17.1 Å². The number of amides is 2. The van der Waals surface area contributed by atoms with E-state index < -0.39 is 0 Å². The van der Waals surface area contributed by atoms with Gasteiger partial charge in [-0.05, 0) is 61.0 Å². The van der Waals surface area contributed by atoms with Gasteiger partial charge in [-0.1, -0.05) is 22.0 Å². The number of carbonyl (C=O) groups is 2. The Morgan fingerprint density at radius 3 is 2.52 bits per heavy atom. The van der Waals surface area contributed by atoms with Crippen molar-refractivity contribution in [1.82, 2.24) is 0 Å². The number of halogens is 1. The highest BCUT2D eigenvalue weighted by Gasteiger charge is 2.10. The smallest absolute Gasteiger partial charge is 0.291 e. The van der Waals surface area contributed by atoms with Gasteiger partial charge in [0.05, 0.1) is 6.26 Å². The van der Waals surface area contributed by atoms with Crippen LogP contribution in [0.25, 0.3) is 0 Å². The standard InChI is InChI=1S/C20H17BrN2O4/c1-13-10-14(21)7-8-17(13)27-12-19(24)22-15-4-2-5-16(11-15)23-20(25)18-6-3-9-26-18/h2-11H,12H2,1H3,(H,22,24)(H,23,25). The molecule has 0 saturated heterocycles. The lowest BCUT2D eigenvalue weighted by atomic mass is 10.2. The monoisotopic (exact) mass is 428 g/mol. The van der Waals surface area contributed by atoms with E-state index in [1.807, 2.05) is 19.1 Å². The summed E-state index contributed by atoms with van der Waals surface area (Å²) in [6.45, 7) is 1.79. The Bertz CT molecular complexity index is 954. The van der Waals surface area contributed by atoms with E-state index in [1.165, 1.54) is 6.26 Å². The predicted octanol–water partition coefficient (Wildman–Crippen LogP) is 4.62. The second-order valence-corrected chi connectivity index (χ2v) is 6.67. The Labute approximate surface area is 164 Å². The van der Waals surface area contributed by atoms with E-state index in [2.05, 4.69) is 26.6 Å². The van der Waals surface area contributed by atoms with Crippen molar-refractivity contribution in [3.63, 3.8) is 0 Å². The van der Waals surface area contributed by atoms with Crippen molar-refractivity contribution in [1.29, 1.82) is 0 Å². The van der Waals surface area contributed by atoms with Gasteiger partial charge in [-0.15, -0.1) is 0 Å². The number of rotatable bonds is 6. The summed E-state index contributed by atoms with van der Waals surface area (Å²) >= 11 is 3.39. The van der Waals surface area contributed by atoms with Crippen molar-refractivity contribution in [3.05, 3.63) is 76.7 Å². The third kappa shape index (κ3) is 5.21. The molecule has 0 atom stereocenters. The molecule has 27 heavy (non-hydrogen) atoms. The Kier molecular flexibility index (Phi) is 5.93. The van der Waals surface area contributed by atoms with Crippen LogP contribution in [0.4, 0.5) is 11.4 Å². The molecule has 0 fully saturated rings. The van der Waals surface area contributed by atoms with Crippen molar-refractivity contribution < 1.29 is 18.7 Å². The number of hydrogen-bond acceptors (Lipinski definition) is 4. The molecule has 0 bridgehead atoms. The Morgan fingerprint density at radius 2 is 1.81 bits per heavy atom. The molecule has 6 nitrogen and oxygen atoms in total. The summed E-state index contributed by atoms with van der Waals surface area (Å²) in [5.41, 5.74) is 2.02. The van der Waals surface area contributed by atoms with Gasteiger partial charge in [-0.2, -0.15) is 0 Å². The van der Waals surface area contributed by atoms with Gasteiger partial charge in [0.25, 0.3) is 11.8 Å². The largest absolute Gasteiger partial charge is 0.483 e. The van der Waals surface area contributed by atoms with Crippen LogP contribution >= 0.6 is 15.9 Å². The van der Waals surface area contributed by atoms with Gasteiger partial charge in [0.2, 0.25) is 0 Å². The number of hydrogen-bond donors (Lipinski definition) is 2. The van der Waals surface area contributed by atoms with Crippen molar-refractivity contribution in [2.24, 2.45) is 0 Å². The fourth-order valence-corrected chi connectivity index (χ4v) is 2.87. The lowest BCUT2D eigenvalue weighted by molar-refractivity contribution is -0.118. The van der Waals surface area contributed by atoms with E-state index in [0.717, 1.165) is 10.0 Å². The third-order valence-electron chi connectivity index (χ3n) is 3.64. The van der Waals surface area contributed by atoms with Crippen LogP contribution < -0.4 is 15.4 Å². The minimum Gasteiger partial charge on any atom is -0.483 e. The van der Waals surface area contributed by atoms with Crippen LogP contribution in [-0.2, 0) is 4.79 Å². The molecule has 2 N–H and O–H groups in total. The second kappa shape index (κ2) is 8.55. The molecule has 3 rings (SSSR count). The minimum atomic E-state index is -0.363. The number of aryl methyl sites for hydroxylation is 1. The van der Waals surface area contributed by atoms with E-state index in [-0.39, 0.29) is 24.2 Å². The zero-order valence-electron chi connectivity index (χ0n) is 14.5. The Balaban J connectivity index is 1.57. The van der Waals surface area contributed by atoms with E-state index in [4.69, 9.17) is 9.15 Å². The normalized spacial score (nSPS) is 10.3. The molecule has 1 aromatic heterocycles. The van der Waals surface area contributed by atoms with Crippen LogP contribution in [0, 0.1) is 6.92 Å². The lowest BCUT2D eigenvalue weighted by Crippen LogP contribution is -2.20. The third-order valence-corrected chi connectivity index (χ3v) is 4.14. The predicted molar refractivity (Wildman–Crippen MR) is 106 cm³/mol. The number of ether oxygens (including phenoxy) is 1. The summed E-state index contributed by atoms with van der Waals surface area (Å²) in [5, 5.41) is 5.45. The fraction of sp³-hybridized carbons (Fsp3) is 0.100. The van der Waals surface area contributed by atoms with Gasteiger partial charge in [0.15, 0.2) is 12.4 Å². The SMILES string of the molecule is Cc1cc(Br)ccc1OCC(=O)Nc1cccc(NC(=O)c2ccco2)c1. The first-order valence-corrected chi connectivity index (χ1v) is 8.94. The van der Waals surface area contributed by atoms with Crippen molar-refractivity contribution >= 4 is 39.1 Å². The molecule has 0 aliphatic rings. The molecule has 0 aliphatic heterocycles. The van der Waals surface area contributed by atoms with Crippen LogP contribution in [0.2, 0.25) is 0 Å². The minimum absolute atomic E-state index is 0.120. The molecule has 3 aromatic rings. The van der Waals surface area contributed by atoms with Gasteiger partial charge in [-0.25, -0.2) is 0 Å². The quantitative estimate of drug-likeness (QED) is 0.599. The topological polar surface area (TPSA) is 80.6 Å². The average molecular weight is 429 g/mol. The fourth-order valence-electron chi connectivity index (χ4n) is 2.39.